The van der Waals surface area contributed by atoms with Crippen LogP contribution in [0.3, 0.4) is 0 Å². The number of benzene rings is 2. The van der Waals surface area contributed by atoms with Crippen molar-refractivity contribution < 1.29 is 14.3 Å². The smallest absolute Gasteiger partial charge is 0.322 e. The highest BCUT2D eigenvalue weighted by Crippen LogP contribution is 2.44. The summed E-state index contributed by atoms with van der Waals surface area (Å²) < 4.78 is 13.2. The van der Waals surface area contributed by atoms with Gasteiger partial charge in [0, 0.05) is 28.4 Å². The number of nitrogens with zero attached hydrogens (tertiary/aromatic N) is 2. The summed E-state index contributed by atoms with van der Waals surface area (Å²) >= 11 is 1.90. The maximum Gasteiger partial charge on any atom is 0.322 e. The molecule has 4 aromatic rings. The number of hydrogen-bond donors (Lipinski definition) is 1. The third-order valence-corrected chi connectivity index (χ3v) is 8.77. The van der Waals surface area contributed by atoms with Gasteiger partial charge in [-0.15, -0.1) is 11.3 Å². The number of aryl methyl sites for hydroxylation is 2. The molecule has 0 spiro atoms. The summed E-state index contributed by atoms with van der Waals surface area (Å²) in [6, 6.07) is 17.8. The lowest BCUT2D eigenvalue weighted by molar-refractivity contribution is 0.194. The molecule has 7 heteroatoms. The molecule has 0 unspecified atom stereocenters. The number of hydrogen-bond acceptors (Lipinski definition) is 4. The van der Waals surface area contributed by atoms with Gasteiger partial charge in [-0.25, -0.2) is 4.79 Å². The normalized spacial score (nSPS) is 16.3. The number of anilines is 1. The summed E-state index contributed by atoms with van der Waals surface area (Å²) in [5.41, 5.74) is 6.77. The highest BCUT2D eigenvalue weighted by Gasteiger charge is 2.36. The van der Waals surface area contributed by atoms with E-state index in [-0.39, 0.29) is 12.1 Å². The Morgan fingerprint density at radius 3 is 2.62 bits per heavy atom. The monoisotopic (exact) mass is 513 g/mol. The van der Waals surface area contributed by atoms with Crippen molar-refractivity contribution in [3.63, 3.8) is 0 Å². The Hall–Kier alpha value is -3.71. The standard InChI is InChI=1S/C30H31N3O3S/c1-19-8-6-9-20(16-19)28-24-11-7-15-32(24)29-23(22-10-4-5-12-27(22)37-29)18-33(28)30(34)31-21-13-14-25(35-2)26(17-21)36-3/h6-9,11,13-17,28H,4-5,10,12,18H2,1-3H3,(H,31,34)/t28-/m1/s1. The van der Waals surface area contributed by atoms with Gasteiger partial charge < -0.3 is 24.3 Å². The minimum Gasteiger partial charge on any atom is -0.493 e. The third kappa shape index (κ3) is 4.17. The van der Waals surface area contributed by atoms with Crippen molar-refractivity contribution in [2.24, 2.45) is 0 Å². The number of carbonyl (C=O) groups is 1. The summed E-state index contributed by atoms with van der Waals surface area (Å²) in [5.74, 6) is 1.20. The molecule has 190 valence electrons. The SMILES string of the molecule is COc1ccc(NC(=O)N2Cc3c(sc4c3CCCC4)-n3cccc3[C@H]2c2cccc(C)c2)cc1OC. The van der Waals surface area contributed by atoms with Crippen molar-refractivity contribution in [3.05, 3.63) is 93.6 Å². The quantitative estimate of drug-likeness (QED) is 0.324. The van der Waals surface area contributed by atoms with E-state index in [1.807, 2.05) is 28.4 Å². The molecule has 1 atom stereocenters. The van der Waals surface area contributed by atoms with Crippen LogP contribution in [0.25, 0.3) is 5.00 Å². The van der Waals surface area contributed by atoms with Crippen LogP contribution < -0.4 is 14.8 Å². The number of carbonyl (C=O) groups excluding carboxylic acids is 1. The molecule has 0 saturated carbocycles. The van der Waals surface area contributed by atoms with E-state index in [0.717, 1.165) is 24.1 Å². The first-order valence-electron chi connectivity index (χ1n) is 12.7. The molecule has 1 aliphatic carbocycles. The average molecular weight is 514 g/mol. The Morgan fingerprint density at radius 1 is 0.973 bits per heavy atom. The predicted molar refractivity (Wildman–Crippen MR) is 147 cm³/mol. The van der Waals surface area contributed by atoms with Crippen LogP contribution in [-0.2, 0) is 19.4 Å². The molecule has 6 rings (SSSR count). The van der Waals surface area contributed by atoms with Gasteiger partial charge in [0.25, 0.3) is 0 Å². The minimum atomic E-state index is -0.228. The van der Waals surface area contributed by atoms with Gasteiger partial charge >= 0.3 is 6.03 Å². The molecule has 0 radical (unpaired) electrons. The highest BCUT2D eigenvalue weighted by molar-refractivity contribution is 7.15. The molecular formula is C30H31N3O3S. The zero-order valence-corrected chi connectivity index (χ0v) is 22.2. The summed E-state index contributed by atoms with van der Waals surface area (Å²) in [6.45, 7) is 2.65. The largest absolute Gasteiger partial charge is 0.493 e. The summed E-state index contributed by atoms with van der Waals surface area (Å²) in [6.07, 6.45) is 6.80. The molecule has 0 bridgehead atoms. The first kappa shape index (κ1) is 23.7. The molecular weight excluding hydrogens is 482 g/mol. The topological polar surface area (TPSA) is 55.7 Å². The van der Waals surface area contributed by atoms with Gasteiger partial charge in [0.15, 0.2) is 11.5 Å². The molecule has 2 aliphatic rings. The van der Waals surface area contributed by atoms with Crippen molar-refractivity contribution in [2.75, 3.05) is 19.5 Å². The van der Waals surface area contributed by atoms with Crippen molar-refractivity contribution in [3.8, 4) is 16.5 Å². The fourth-order valence-electron chi connectivity index (χ4n) is 5.69. The van der Waals surface area contributed by atoms with E-state index in [1.54, 1.807) is 20.3 Å². The number of rotatable bonds is 4. The Balaban J connectivity index is 1.47. The van der Waals surface area contributed by atoms with E-state index in [0.29, 0.717) is 23.7 Å². The van der Waals surface area contributed by atoms with Crippen LogP contribution in [0, 0.1) is 6.92 Å². The molecule has 2 aromatic carbocycles. The number of amides is 2. The third-order valence-electron chi connectivity index (χ3n) is 7.43. The molecule has 1 N–H and O–H groups in total. The first-order chi connectivity index (χ1) is 18.1. The zero-order valence-electron chi connectivity index (χ0n) is 21.4. The molecule has 6 nitrogen and oxygen atoms in total. The number of thiophene rings is 1. The maximum atomic E-state index is 14.1. The lowest BCUT2D eigenvalue weighted by Gasteiger charge is -2.31. The Morgan fingerprint density at radius 2 is 1.81 bits per heavy atom. The molecule has 2 amide bonds. The van der Waals surface area contributed by atoms with Gasteiger partial charge in [0.1, 0.15) is 5.00 Å². The van der Waals surface area contributed by atoms with E-state index in [9.17, 15) is 4.79 Å². The molecule has 37 heavy (non-hydrogen) atoms. The molecule has 1 aliphatic heterocycles. The van der Waals surface area contributed by atoms with Gasteiger partial charge in [-0.1, -0.05) is 29.8 Å². The van der Waals surface area contributed by atoms with Crippen LogP contribution >= 0.6 is 11.3 Å². The van der Waals surface area contributed by atoms with E-state index in [1.165, 1.54) is 39.4 Å². The number of aromatic nitrogens is 1. The number of nitrogens with one attached hydrogen (secondary N) is 1. The predicted octanol–water partition coefficient (Wildman–Crippen LogP) is 6.88. The fraction of sp³-hybridized carbons (Fsp3) is 0.300. The van der Waals surface area contributed by atoms with Crippen molar-refractivity contribution in [1.82, 2.24) is 9.47 Å². The summed E-state index contributed by atoms with van der Waals surface area (Å²) in [7, 11) is 3.20. The van der Waals surface area contributed by atoms with Crippen LogP contribution in [0.1, 0.15) is 51.7 Å². The van der Waals surface area contributed by atoms with Gasteiger partial charge in [-0.2, -0.15) is 0 Å². The zero-order chi connectivity index (χ0) is 25.5. The minimum absolute atomic E-state index is 0.143. The number of methoxy groups -OCH3 is 2. The number of fused-ring (bicyclic) bond motifs is 5. The summed E-state index contributed by atoms with van der Waals surface area (Å²) in [4.78, 5) is 17.6. The van der Waals surface area contributed by atoms with Crippen LogP contribution in [0.2, 0.25) is 0 Å². The second kappa shape index (κ2) is 9.63. The van der Waals surface area contributed by atoms with Gasteiger partial charge in [-0.05, 0) is 68.0 Å². The van der Waals surface area contributed by atoms with Crippen LogP contribution in [0.4, 0.5) is 10.5 Å². The molecule has 2 aromatic heterocycles. The van der Waals surface area contributed by atoms with E-state index in [2.05, 4.69) is 59.4 Å². The molecule has 0 fully saturated rings. The van der Waals surface area contributed by atoms with Gasteiger partial charge in [-0.3, -0.25) is 0 Å². The average Bonchev–Trinajstić information content (AvgIpc) is 3.50. The van der Waals surface area contributed by atoms with Crippen molar-refractivity contribution in [2.45, 2.75) is 45.2 Å². The van der Waals surface area contributed by atoms with E-state index >= 15 is 0 Å². The van der Waals surface area contributed by atoms with Gasteiger partial charge in [0.2, 0.25) is 0 Å². The van der Waals surface area contributed by atoms with E-state index in [4.69, 9.17) is 9.47 Å². The second-order valence-electron chi connectivity index (χ2n) is 9.74. The fourth-order valence-corrected chi connectivity index (χ4v) is 7.09. The molecule has 0 saturated heterocycles. The number of ether oxygens (including phenoxy) is 2. The van der Waals surface area contributed by atoms with E-state index < -0.39 is 0 Å². The highest BCUT2D eigenvalue weighted by atomic mass is 32.1. The van der Waals surface area contributed by atoms with Crippen LogP contribution in [0.5, 0.6) is 11.5 Å². The Labute approximate surface area is 221 Å². The Bertz CT molecular complexity index is 1470. The second-order valence-corrected chi connectivity index (χ2v) is 10.8. The van der Waals surface area contributed by atoms with Crippen LogP contribution in [0.15, 0.2) is 60.8 Å². The lowest BCUT2D eigenvalue weighted by atomic mass is 9.95. The number of urea groups is 1. The lowest BCUT2D eigenvalue weighted by Crippen LogP contribution is -2.38. The van der Waals surface area contributed by atoms with Gasteiger partial charge in [0.05, 0.1) is 32.5 Å². The van der Waals surface area contributed by atoms with Crippen LogP contribution in [-0.4, -0.2) is 29.7 Å². The van der Waals surface area contributed by atoms with Crippen molar-refractivity contribution >= 4 is 23.1 Å². The summed E-state index contributed by atoms with van der Waals surface area (Å²) in [5, 5.41) is 4.41. The Kier molecular flexibility index (Phi) is 6.16. The first-order valence-corrected chi connectivity index (χ1v) is 13.6. The maximum absolute atomic E-state index is 14.1. The molecule has 3 heterocycles. The van der Waals surface area contributed by atoms with Crippen molar-refractivity contribution in [1.29, 1.82) is 0 Å².